The Labute approximate surface area is 78.5 Å². The van der Waals surface area contributed by atoms with Gasteiger partial charge in [-0.3, -0.25) is 0 Å². The second kappa shape index (κ2) is 3.58. The van der Waals surface area contributed by atoms with E-state index < -0.39 is 6.43 Å². The number of hydrogen-bond acceptors (Lipinski definition) is 2. The smallest absolute Gasteiger partial charge is 0.265 e. The Kier molecular flexibility index (Phi) is 2.69. The molecule has 1 aromatic rings. The number of nitriles is 1. The Morgan fingerprint density at radius 1 is 1.46 bits per heavy atom. The molecular weight excluding hydrogens is 198 g/mol. The Morgan fingerprint density at radius 2 is 2.08 bits per heavy atom. The molecule has 2 nitrogen and oxygen atoms in total. The van der Waals surface area contributed by atoms with Crippen molar-refractivity contribution in [1.82, 2.24) is 0 Å². The van der Waals surface area contributed by atoms with E-state index in [1.807, 2.05) is 0 Å². The van der Waals surface area contributed by atoms with Gasteiger partial charge in [0.05, 0.1) is 16.3 Å². The van der Waals surface area contributed by atoms with Gasteiger partial charge in [-0.05, 0) is 6.07 Å². The number of alkyl halides is 2. The molecule has 0 atom stereocenters. The number of benzene rings is 1. The topological polar surface area (TPSA) is 49.8 Å². The van der Waals surface area contributed by atoms with Crippen LogP contribution in [0.3, 0.4) is 0 Å². The second-order valence-corrected chi connectivity index (χ2v) is 2.72. The van der Waals surface area contributed by atoms with E-state index in [0.29, 0.717) is 0 Å². The lowest BCUT2D eigenvalue weighted by molar-refractivity contribution is 0.151. The molecule has 1 aromatic carbocycles. The molecule has 2 N–H and O–H groups in total. The van der Waals surface area contributed by atoms with Crippen LogP contribution in [0.4, 0.5) is 14.5 Å². The predicted octanol–water partition coefficient (Wildman–Crippen LogP) is 2.73. The number of halogens is 3. The van der Waals surface area contributed by atoms with Crippen molar-refractivity contribution in [2.24, 2.45) is 0 Å². The van der Waals surface area contributed by atoms with Crippen molar-refractivity contribution in [3.05, 3.63) is 28.3 Å². The first-order valence-electron chi connectivity index (χ1n) is 3.34. The number of nitrogen functional groups attached to an aromatic ring is 1. The number of nitrogens with two attached hydrogens (primary N) is 1. The molecule has 68 valence electrons. The van der Waals surface area contributed by atoms with Crippen molar-refractivity contribution in [2.75, 3.05) is 5.73 Å². The van der Waals surface area contributed by atoms with Gasteiger partial charge < -0.3 is 5.73 Å². The first-order valence-corrected chi connectivity index (χ1v) is 3.72. The van der Waals surface area contributed by atoms with Crippen molar-refractivity contribution in [1.29, 1.82) is 5.26 Å². The van der Waals surface area contributed by atoms with Crippen molar-refractivity contribution in [3.63, 3.8) is 0 Å². The van der Waals surface area contributed by atoms with Gasteiger partial charge in [-0.25, -0.2) is 8.78 Å². The van der Waals surface area contributed by atoms with Gasteiger partial charge >= 0.3 is 0 Å². The Balaban J connectivity index is 3.33. The minimum atomic E-state index is -2.68. The molecule has 0 heterocycles. The molecule has 0 aliphatic carbocycles. The van der Waals surface area contributed by atoms with Gasteiger partial charge in [0.2, 0.25) is 0 Å². The largest absolute Gasteiger partial charge is 0.396 e. The van der Waals surface area contributed by atoms with Crippen molar-refractivity contribution >= 4 is 17.3 Å². The summed E-state index contributed by atoms with van der Waals surface area (Å²) in [6.45, 7) is 0. The van der Waals surface area contributed by atoms with E-state index in [4.69, 9.17) is 22.6 Å². The monoisotopic (exact) mass is 202 g/mol. The zero-order valence-corrected chi connectivity index (χ0v) is 7.15. The van der Waals surface area contributed by atoms with Crippen molar-refractivity contribution in [3.8, 4) is 6.07 Å². The highest BCUT2D eigenvalue weighted by atomic mass is 35.5. The number of hydrogen-bond donors (Lipinski definition) is 1. The SMILES string of the molecule is N#Cc1ccc(C(F)F)c(Cl)c1N. The minimum Gasteiger partial charge on any atom is -0.396 e. The quantitative estimate of drug-likeness (QED) is 0.712. The van der Waals surface area contributed by atoms with Crippen LogP contribution in [0.2, 0.25) is 5.02 Å². The number of nitrogens with zero attached hydrogens (tertiary/aromatic N) is 1. The standard InChI is InChI=1S/C8H5ClF2N2/c9-6-5(8(10)11)2-1-4(3-12)7(6)13/h1-2,8H,13H2. The maximum Gasteiger partial charge on any atom is 0.265 e. The third-order valence-corrected chi connectivity index (χ3v) is 1.99. The van der Waals surface area contributed by atoms with E-state index in [1.165, 1.54) is 6.07 Å². The van der Waals surface area contributed by atoms with E-state index in [2.05, 4.69) is 0 Å². The molecule has 1 rings (SSSR count). The maximum absolute atomic E-state index is 12.2. The van der Waals surface area contributed by atoms with E-state index >= 15 is 0 Å². The van der Waals surface area contributed by atoms with Crippen molar-refractivity contribution < 1.29 is 8.78 Å². The van der Waals surface area contributed by atoms with Gasteiger partial charge in [-0.2, -0.15) is 5.26 Å². The van der Waals surface area contributed by atoms with Crippen LogP contribution in [0, 0.1) is 11.3 Å². The van der Waals surface area contributed by atoms with Crippen molar-refractivity contribution in [2.45, 2.75) is 6.43 Å². The zero-order valence-electron chi connectivity index (χ0n) is 6.39. The fourth-order valence-electron chi connectivity index (χ4n) is 0.876. The highest BCUT2D eigenvalue weighted by Gasteiger charge is 2.15. The first kappa shape index (κ1) is 9.75. The maximum atomic E-state index is 12.2. The van der Waals surface area contributed by atoms with Gasteiger partial charge in [0.1, 0.15) is 6.07 Å². The summed E-state index contributed by atoms with van der Waals surface area (Å²) >= 11 is 5.52. The summed E-state index contributed by atoms with van der Waals surface area (Å²) in [5, 5.41) is 8.25. The molecule has 0 radical (unpaired) electrons. The summed E-state index contributed by atoms with van der Waals surface area (Å²) in [6.07, 6.45) is -2.68. The fourth-order valence-corrected chi connectivity index (χ4v) is 1.12. The predicted molar refractivity (Wildman–Crippen MR) is 45.5 cm³/mol. The Hall–Kier alpha value is -1.34. The fraction of sp³-hybridized carbons (Fsp3) is 0.125. The van der Waals surface area contributed by atoms with Crippen LogP contribution in [0.15, 0.2) is 12.1 Å². The Morgan fingerprint density at radius 3 is 2.54 bits per heavy atom. The van der Waals surface area contributed by atoms with Crippen LogP contribution in [-0.2, 0) is 0 Å². The Bertz CT molecular complexity index is 371. The lowest BCUT2D eigenvalue weighted by atomic mass is 10.1. The van der Waals surface area contributed by atoms with E-state index in [1.54, 1.807) is 6.07 Å². The number of anilines is 1. The molecule has 0 fully saturated rings. The zero-order chi connectivity index (χ0) is 10.0. The normalized spacial score (nSPS) is 10.1. The molecule has 0 aliphatic rings. The highest BCUT2D eigenvalue weighted by molar-refractivity contribution is 6.34. The number of rotatable bonds is 1. The lowest BCUT2D eigenvalue weighted by Crippen LogP contribution is -1.96. The molecule has 0 spiro atoms. The van der Waals surface area contributed by atoms with Crippen LogP contribution >= 0.6 is 11.6 Å². The molecule has 0 saturated carbocycles. The summed E-state index contributed by atoms with van der Waals surface area (Å²) in [5.41, 5.74) is 5.01. The van der Waals surface area contributed by atoms with Gasteiger partial charge in [0.15, 0.2) is 0 Å². The van der Waals surface area contributed by atoms with Gasteiger partial charge in [0, 0.05) is 5.56 Å². The molecule has 0 amide bonds. The molecular formula is C8H5ClF2N2. The van der Waals surface area contributed by atoms with Crippen LogP contribution in [0.25, 0.3) is 0 Å². The van der Waals surface area contributed by atoms with Crippen LogP contribution in [0.1, 0.15) is 17.6 Å². The molecule has 0 bridgehead atoms. The van der Waals surface area contributed by atoms with E-state index in [-0.39, 0.29) is 21.8 Å². The summed E-state index contributed by atoms with van der Waals surface area (Å²) in [7, 11) is 0. The minimum absolute atomic E-state index is 0.0954. The molecule has 0 aromatic heterocycles. The molecule has 0 saturated heterocycles. The van der Waals surface area contributed by atoms with Gasteiger partial charge in [-0.15, -0.1) is 0 Å². The molecule has 0 aliphatic heterocycles. The summed E-state index contributed by atoms with van der Waals surface area (Å²) in [6, 6.07) is 4.07. The summed E-state index contributed by atoms with van der Waals surface area (Å²) in [5.74, 6) is 0. The average molecular weight is 203 g/mol. The molecule has 13 heavy (non-hydrogen) atoms. The molecule has 0 unspecified atom stereocenters. The van der Waals surface area contributed by atoms with Crippen LogP contribution in [-0.4, -0.2) is 0 Å². The van der Waals surface area contributed by atoms with E-state index in [9.17, 15) is 8.78 Å². The summed E-state index contributed by atoms with van der Waals surface area (Å²) in [4.78, 5) is 0. The average Bonchev–Trinajstić information content (AvgIpc) is 2.09. The summed E-state index contributed by atoms with van der Waals surface area (Å²) < 4.78 is 24.4. The highest BCUT2D eigenvalue weighted by Crippen LogP contribution is 2.32. The van der Waals surface area contributed by atoms with E-state index in [0.717, 1.165) is 6.07 Å². The van der Waals surface area contributed by atoms with Crippen LogP contribution in [0.5, 0.6) is 0 Å². The second-order valence-electron chi connectivity index (χ2n) is 2.34. The van der Waals surface area contributed by atoms with Gasteiger partial charge in [-0.1, -0.05) is 17.7 Å². The molecule has 5 heteroatoms. The van der Waals surface area contributed by atoms with Gasteiger partial charge in [0.25, 0.3) is 6.43 Å². The lowest BCUT2D eigenvalue weighted by Gasteiger charge is -2.06. The van der Waals surface area contributed by atoms with Crippen LogP contribution < -0.4 is 5.73 Å². The third-order valence-electron chi connectivity index (χ3n) is 1.57. The first-order chi connectivity index (χ1) is 6.07. The third kappa shape index (κ3) is 1.70.